The van der Waals surface area contributed by atoms with Crippen LogP contribution in [0.1, 0.15) is 24.2 Å². The van der Waals surface area contributed by atoms with E-state index in [0.29, 0.717) is 16.3 Å². The van der Waals surface area contributed by atoms with Crippen LogP contribution in [0.3, 0.4) is 0 Å². The molecule has 2 rings (SSSR count). The molecule has 0 saturated carbocycles. The first-order valence-corrected chi connectivity index (χ1v) is 6.41. The molecule has 2 aromatic rings. The van der Waals surface area contributed by atoms with Crippen molar-refractivity contribution in [3.63, 3.8) is 0 Å². The first-order valence-electron chi connectivity index (χ1n) is 6.04. The average Bonchev–Trinajstić information content (AvgIpc) is 2.50. The monoisotopic (exact) mass is 371 g/mol. The van der Waals surface area contributed by atoms with Gasteiger partial charge in [-0.15, -0.1) is 0 Å². The second-order valence-corrected chi connectivity index (χ2v) is 4.64. The molecule has 0 unspecified atom stereocenters. The van der Waals surface area contributed by atoms with Crippen LogP contribution < -0.4 is 0 Å². The number of hydrogen-bond acceptors (Lipinski definition) is 7. The number of nitrogens with zero attached hydrogens (tertiary/aromatic N) is 5. The molecule has 0 atom stereocenters. The van der Waals surface area contributed by atoms with Crippen LogP contribution in [0.2, 0.25) is 5.15 Å². The molecule has 0 amide bonds. The maximum atomic E-state index is 10.2. The van der Waals surface area contributed by atoms with Crippen LogP contribution in [-0.2, 0) is 0 Å². The minimum atomic E-state index is -0.541. The molecule has 0 saturated heterocycles. The molecule has 0 N–H and O–H groups in total. The van der Waals surface area contributed by atoms with E-state index >= 15 is 0 Å². The summed E-state index contributed by atoms with van der Waals surface area (Å²) in [6, 6.07) is 4.54. The van der Waals surface area contributed by atoms with Crippen LogP contribution in [0.5, 0.6) is 0 Å². The zero-order valence-corrected chi connectivity index (χ0v) is 13.2. The quantitative estimate of drug-likeness (QED) is 0.443. The standard InChI is InChI=1S/C7H5N3O2.C6H5ClN2O2.CH4.FH/c1-5-2-6(10(11)12)4-9-7(5)3-8;1-4-2-5(9(10)11)3-8-6(4)7;;/h2,4H,1H3;2-3H,1H3;1H4;1H. The molecular weight excluding hydrogens is 357 g/mol. The second-order valence-electron chi connectivity index (χ2n) is 4.29. The smallest absolute Gasteiger partial charge is 0.269 e. The van der Waals surface area contributed by atoms with E-state index in [0.717, 1.165) is 12.4 Å². The summed E-state index contributed by atoms with van der Waals surface area (Å²) in [5.41, 5.74) is 1.23. The molecule has 0 aliphatic rings. The van der Waals surface area contributed by atoms with E-state index in [1.807, 2.05) is 6.07 Å². The third kappa shape index (κ3) is 6.84. The van der Waals surface area contributed by atoms with E-state index in [9.17, 15) is 20.2 Å². The molecule has 25 heavy (non-hydrogen) atoms. The van der Waals surface area contributed by atoms with E-state index in [2.05, 4.69) is 9.97 Å². The van der Waals surface area contributed by atoms with E-state index in [1.54, 1.807) is 13.8 Å². The number of rotatable bonds is 2. The molecule has 2 heterocycles. The molecule has 0 bridgehead atoms. The van der Waals surface area contributed by atoms with Crippen LogP contribution in [-0.4, -0.2) is 19.8 Å². The summed E-state index contributed by atoms with van der Waals surface area (Å²) >= 11 is 5.55. The maximum absolute atomic E-state index is 10.2. The van der Waals surface area contributed by atoms with Gasteiger partial charge in [0.1, 0.15) is 29.3 Å². The molecule has 2 aromatic heterocycles. The number of halogens is 2. The Morgan fingerprint density at radius 1 is 1.04 bits per heavy atom. The lowest BCUT2D eigenvalue weighted by Gasteiger charge is -1.94. The van der Waals surface area contributed by atoms with Gasteiger partial charge in [-0.1, -0.05) is 19.0 Å². The Kier molecular flexibility index (Phi) is 10.2. The Balaban J connectivity index is 0. The van der Waals surface area contributed by atoms with Crippen LogP contribution in [0.25, 0.3) is 0 Å². The summed E-state index contributed by atoms with van der Waals surface area (Å²) in [6.07, 6.45) is 2.21. The van der Waals surface area contributed by atoms with Crippen molar-refractivity contribution >= 4 is 23.0 Å². The van der Waals surface area contributed by atoms with Gasteiger partial charge in [-0.25, -0.2) is 9.97 Å². The van der Waals surface area contributed by atoms with Gasteiger partial charge >= 0.3 is 0 Å². The van der Waals surface area contributed by atoms with E-state index in [1.165, 1.54) is 12.1 Å². The Bertz CT molecular complexity index is 810. The van der Waals surface area contributed by atoms with Gasteiger partial charge in [-0.05, 0) is 25.0 Å². The highest BCUT2D eigenvalue weighted by molar-refractivity contribution is 6.30. The van der Waals surface area contributed by atoms with Gasteiger partial charge < -0.3 is 0 Å². The topological polar surface area (TPSA) is 136 Å². The zero-order valence-electron chi connectivity index (χ0n) is 12.5. The van der Waals surface area contributed by atoms with Crippen LogP contribution >= 0.6 is 11.6 Å². The molecule has 0 spiro atoms. The Morgan fingerprint density at radius 2 is 1.48 bits per heavy atom. The molecule has 9 nitrogen and oxygen atoms in total. The molecule has 11 heteroatoms. The van der Waals surface area contributed by atoms with Crippen molar-refractivity contribution in [1.82, 2.24) is 9.97 Å². The highest BCUT2D eigenvalue weighted by atomic mass is 35.5. The summed E-state index contributed by atoms with van der Waals surface area (Å²) in [6.45, 7) is 3.28. The fourth-order valence-corrected chi connectivity index (χ4v) is 1.52. The summed E-state index contributed by atoms with van der Waals surface area (Å²) in [7, 11) is 0. The SMILES string of the molecule is C.Cc1cc([N+](=O)[O-])cnc1C#N.Cc1cc([N+](=O)[O-])cnc1Cl.F. The van der Waals surface area contributed by atoms with E-state index in [4.69, 9.17) is 16.9 Å². The first-order chi connectivity index (χ1) is 10.8. The minimum absolute atomic E-state index is 0. The lowest BCUT2D eigenvalue weighted by Crippen LogP contribution is -1.93. The molecule has 0 aromatic carbocycles. The van der Waals surface area contributed by atoms with Crippen molar-refractivity contribution in [2.24, 2.45) is 0 Å². The molecule has 0 radical (unpaired) electrons. The fraction of sp³-hybridized carbons (Fsp3) is 0.214. The third-order valence-electron chi connectivity index (χ3n) is 2.59. The summed E-state index contributed by atoms with van der Waals surface area (Å²) in [5.74, 6) is 0. The normalized spacial score (nSPS) is 8.56. The predicted octanol–water partition coefficient (Wildman–Crippen LogP) is 3.91. The summed E-state index contributed by atoms with van der Waals surface area (Å²) in [4.78, 5) is 26.6. The zero-order chi connectivity index (χ0) is 17.6. The number of aromatic nitrogens is 2. The van der Waals surface area contributed by atoms with Gasteiger partial charge in [0.05, 0.1) is 9.85 Å². The van der Waals surface area contributed by atoms with Gasteiger partial charge in [0.25, 0.3) is 11.4 Å². The van der Waals surface area contributed by atoms with Crippen molar-refractivity contribution in [2.75, 3.05) is 0 Å². The first kappa shape index (κ1) is 24.1. The minimum Gasteiger partial charge on any atom is -0.269 e. The van der Waals surface area contributed by atoms with Crippen LogP contribution in [0, 0.1) is 45.4 Å². The van der Waals surface area contributed by atoms with Crippen molar-refractivity contribution in [2.45, 2.75) is 21.3 Å². The molecule has 0 fully saturated rings. The van der Waals surface area contributed by atoms with Gasteiger partial charge in [-0.3, -0.25) is 24.9 Å². The highest BCUT2D eigenvalue weighted by Gasteiger charge is 2.08. The van der Waals surface area contributed by atoms with Crippen molar-refractivity contribution in [1.29, 1.82) is 5.26 Å². The van der Waals surface area contributed by atoms with Gasteiger partial charge in [-0.2, -0.15) is 5.26 Å². The average molecular weight is 372 g/mol. The van der Waals surface area contributed by atoms with Crippen molar-refractivity contribution in [3.8, 4) is 6.07 Å². The molecule has 0 aliphatic heterocycles. The summed E-state index contributed by atoms with van der Waals surface area (Å²) < 4.78 is 0. The number of nitriles is 1. The summed E-state index contributed by atoms with van der Waals surface area (Å²) in [5, 5.41) is 29.2. The van der Waals surface area contributed by atoms with E-state index in [-0.39, 0.29) is 29.2 Å². The fourth-order valence-electron chi connectivity index (χ4n) is 1.42. The molecule has 0 aliphatic carbocycles. The van der Waals surface area contributed by atoms with Crippen molar-refractivity contribution in [3.05, 3.63) is 66.7 Å². The van der Waals surface area contributed by atoms with Crippen LogP contribution in [0.15, 0.2) is 24.5 Å². The lowest BCUT2D eigenvalue weighted by atomic mass is 10.2. The number of aryl methyl sites for hydroxylation is 2. The number of hydrogen-bond donors (Lipinski definition) is 0. The van der Waals surface area contributed by atoms with E-state index < -0.39 is 9.85 Å². The highest BCUT2D eigenvalue weighted by Crippen LogP contribution is 2.17. The molecule has 134 valence electrons. The second kappa shape index (κ2) is 10.6. The Morgan fingerprint density at radius 3 is 1.84 bits per heavy atom. The number of nitro groups is 2. The number of pyridine rings is 2. The van der Waals surface area contributed by atoms with Crippen LogP contribution in [0.4, 0.5) is 16.1 Å². The van der Waals surface area contributed by atoms with Gasteiger partial charge in [0.2, 0.25) is 0 Å². The largest absolute Gasteiger partial charge is 0.287 e. The third-order valence-corrected chi connectivity index (χ3v) is 2.99. The van der Waals surface area contributed by atoms with Gasteiger partial charge in [0, 0.05) is 12.1 Å². The molecular formula is C14H15ClFN5O4. The van der Waals surface area contributed by atoms with Crippen molar-refractivity contribution < 1.29 is 14.6 Å². The lowest BCUT2D eigenvalue weighted by molar-refractivity contribution is -0.385. The van der Waals surface area contributed by atoms with Gasteiger partial charge in [0.15, 0.2) is 0 Å². The Labute approximate surface area is 147 Å². The predicted molar refractivity (Wildman–Crippen MR) is 90.2 cm³/mol. The maximum Gasteiger partial charge on any atom is 0.287 e. The Hall–Kier alpha value is -3.19.